The average molecular weight is 274 g/mol. The molecule has 0 aromatic heterocycles. The van der Waals surface area contributed by atoms with Gasteiger partial charge in [0.2, 0.25) is 5.91 Å². The third-order valence-corrected chi connectivity index (χ3v) is 4.20. The summed E-state index contributed by atoms with van der Waals surface area (Å²) in [5.41, 5.74) is 0.793. The Morgan fingerprint density at radius 3 is 2.70 bits per heavy atom. The van der Waals surface area contributed by atoms with Gasteiger partial charge in [0.25, 0.3) is 0 Å². The second-order valence-corrected chi connectivity index (χ2v) is 5.94. The number of benzene rings is 1. The van der Waals surface area contributed by atoms with Crippen molar-refractivity contribution in [2.45, 2.75) is 57.5 Å². The maximum atomic E-state index is 12.6. The molecular weight excluding hydrogens is 248 g/mol. The number of amides is 1. The van der Waals surface area contributed by atoms with Crippen LogP contribution in [0.2, 0.25) is 0 Å². The summed E-state index contributed by atoms with van der Waals surface area (Å²) in [5.74, 6) is 0.138. The summed E-state index contributed by atoms with van der Waals surface area (Å²) in [5, 5.41) is 6.63. The van der Waals surface area contributed by atoms with E-state index in [0.717, 1.165) is 32.2 Å². The van der Waals surface area contributed by atoms with Gasteiger partial charge in [-0.25, -0.2) is 0 Å². The minimum Gasteiger partial charge on any atom is -0.348 e. The van der Waals surface area contributed by atoms with E-state index < -0.39 is 5.54 Å². The van der Waals surface area contributed by atoms with Crippen molar-refractivity contribution in [2.24, 2.45) is 0 Å². The topological polar surface area (TPSA) is 41.1 Å². The molecule has 3 nitrogen and oxygen atoms in total. The molecule has 3 heteroatoms. The van der Waals surface area contributed by atoms with E-state index in [0.29, 0.717) is 0 Å². The van der Waals surface area contributed by atoms with Gasteiger partial charge in [-0.2, -0.15) is 0 Å². The first-order chi connectivity index (χ1) is 9.65. The number of carbonyl (C=O) groups is 1. The first kappa shape index (κ1) is 15.0. The number of piperidine rings is 1. The van der Waals surface area contributed by atoms with Gasteiger partial charge in [-0.05, 0) is 44.7 Å². The fourth-order valence-corrected chi connectivity index (χ4v) is 2.86. The highest BCUT2D eigenvalue weighted by Crippen LogP contribution is 2.23. The molecule has 1 saturated heterocycles. The molecule has 2 rings (SSSR count). The van der Waals surface area contributed by atoms with Crippen molar-refractivity contribution in [3.05, 3.63) is 35.9 Å². The maximum Gasteiger partial charge on any atom is 0.240 e. The molecule has 1 aliphatic rings. The quantitative estimate of drug-likeness (QED) is 0.866. The molecule has 1 heterocycles. The summed E-state index contributed by atoms with van der Waals surface area (Å²) in [6.07, 6.45) is 5.25. The van der Waals surface area contributed by atoms with Gasteiger partial charge in [0, 0.05) is 0 Å². The van der Waals surface area contributed by atoms with E-state index in [9.17, 15) is 4.79 Å². The fraction of sp³-hybridized carbons (Fsp3) is 0.588. The summed E-state index contributed by atoms with van der Waals surface area (Å²) >= 11 is 0. The molecule has 2 N–H and O–H groups in total. The molecule has 110 valence electrons. The van der Waals surface area contributed by atoms with E-state index in [1.807, 2.05) is 25.1 Å². The Kier molecular flexibility index (Phi) is 5.18. The summed E-state index contributed by atoms with van der Waals surface area (Å²) in [6.45, 7) is 5.12. The van der Waals surface area contributed by atoms with E-state index in [2.05, 4.69) is 29.7 Å². The molecule has 1 aliphatic heterocycles. The first-order valence-electron chi connectivity index (χ1n) is 7.76. The molecular formula is C17H26N2O. The largest absolute Gasteiger partial charge is 0.348 e. The van der Waals surface area contributed by atoms with Crippen LogP contribution in [-0.2, 0) is 4.79 Å². The smallest absolute Gasteiger partial charge is 0.240 e. The minimum absolute atomic E-state index is 0.120. The second-order valence-electron chi connectivity index (χ2n) is 5.94. The zero-order valence-corrected chi connectivity index (χ0v) is 12.6. The third-order valence-electron chi connectivity index (χ3n) is 4.20. The Morgan fingerprint density at radius 1 is 1.35 bits per heavy atom. The van der Waals surface area contributed by atoms with E-state index >= 15 is 0 Å². The minimum atomic E-state index is -0.404. The zero-order valence-electron chi connectivity index (χ0n) is 12.6. The highest BCUT2D eigenvalue weighted by Gasteiger charge is 2.35. The van der Waals surface area contributed by atoms with Crippen LogP contribution in [0.3, 0.4) is 0 Å². The normalized spacial score (nSPS) is 24.1. The van der Waals surface area contributed by atoms with Crippen LogP contribution in [0, 0.1) is 0 Å². The van der Waals surface area contributed by atoms with E-state index in [1.165, 1.54) is 12.0 Å². The predicted molar refractivity (Wildman–Crippen MR) is 82.5 cm³/mol. The maximum absolute atomic E-state index is 12.6. The molecule has 0 radical (unpaired) electrons. The first-order valence-corrected chi connectivity index (χ1v) is 7.76. The van der Waals surface area contributed by atoms with Crippen molar-refractivity contribution in [1.82, 2.24) is 10.6 Å². The summed E-state index contributed by atoms with van der Waals surface area (Å²) in [6, 6.07) is 10.4. The van der Waals surface area contributed by atoms with Gasteiger partial charge in [0.1, 0.15) is 0 Å². The molecule has 1 aromatic rings. The molecule has 0 bridgehead atoms. The molecule has 1 aromatic carbocycles. The van der Waals surface area contributed by atoms with Crippen LogP contribution in [0.15, 0.2) is 30.3 Å². The Morgan fingerprint density at radius 2 is 2.10 bits per heavy atom. The lowest BCUT2D eigenvalue weighted by atomic mass is 9.89. The zero-order chi connectivity index (χ0) is 14.4. The molecule has 0 aliphatic carbocycles. The van der Waals surface area contributed by atoms with Gasteiger partial charge >= 0.3 is 0 Å². The molecule has 2 atom stereocenters. The van der Waals surface area contributed by atoms with Gasteiger partial charge in [-0.1, -0.05) is 43.7 Å². The Labute approximate surface area is 122 Å². The lowest BCUT2D eigenvalue weighted by molar-refractivity contribution is -0.128. The van der Waals surface area contributed by atoms with Crippen LogP contribution >= 0.6 is 0 Å². The highest BCUT2D eigenvalue weighted by atomic mass is 16.2. The predicted octanol–water partition coefficient (Wildman–Crippen LogP) is 3.18. The number of hydrogen-bond acceptors (Lipinski definition) is 2. The summed E-state index contributed by atoms with van der Waals surface area (Å²) in [7, 11) is 0. The van der Waals surface area contributed by atoms with Gasteiger partial charge in [0.15, 0.2) is 0 Å². The lowest BCUT2D eigenvalue weighted by Crippen LogP contribution is -2.57. The monoisotopic (exact) mass is 274 g/mol. The van der Waals surface area contributed by atoms with Crippen LogP contribution in [0.4, 0.5) is 0 Å². The molecule has 0 saturated carbocycles. The van der Waals surface area contributed by atoms with Crippen LogP contribution in [0.5, 0.6) is 0 Å². The van der Waals surface area contributed by atoms with Crippen molar-refractivity contribution in [1.29, 1.82) is 0 Å². The van der Waals surface area contributed by atoms with Crippen LogP contribution in [0.1, 0.15) is 57.6 Å². The van der Waals surface area contributed by atoms with E-state index in [-0.39, 0.29) is 11.9 Å². The van der Waals surface area contributed by atoms with Gasteiger partial charge in [-0.3, -0.25) is 4.79 Å². The Hall–Kier alpha value is -1.35. The van der Waals surface area contributed by atoms with Gasteiger partial charge in [-0.15, -0.1) is 0 Å². The van der Waals surface area contributed by atoms with E-state index in [4.69, 9.17) is 0 Å². The number of rotatable bonds is 5. The summed E-state index contributed by atoms with van der Waals surface area (Å²) in [4.78, 5) is 12.6. The van der Waals surface area contributed by atoms with Crippen molar-refractivity contribution in [2.75, 3.05) is 6.54 Å². The Balaban J connectivity index is 2.06. The van der Waals surface area contributed by atoms with Crippen LogP contribution < -0.4 is 10.6 Å². The van der Waals surface area contributed by atoms with E-state index in [1.54, 1.807) is 0 Å². The third kappa shape index (κ3) is 3.60. The second kappa shape index (κ2) is 6.89. The van der Waals surface area contributed by atoms with Gasteiger partial charge in [0.05, 0.1) is 11.6 Å². The van der Waals surface area contributed by atoms with Crippen LogP contribution in [0.25, 0.3) is 0 Å². The van der Waals surface area contributed by atoms with Crippen molar-refractivity contribution in [3.8, 4) is 0 Å². The molecule has 2 unspecified atom stereocenters. The summed E-state index contributed by atoms with van der Waals surface area (Å²) < 4.78 is 0. The average Bonchev–Trinajstić information content (AvgIpc) is 2.48. The Bertz CT molecular complexity index is 424. The molecule has 1 amide bonds. The SMILES string of the molecule is CCCC(NC(=O)C1(C)CCCCN1)c1ccccc1. The lowest BCUT2D eigenvalue weighted by Gasteiger charge is -2.35. The standard InChI is InChI=1S/C17H26N2O/c1-3-9-15(14-10-5-4-6-11-14)19-16(20)17(2)12-7-8-13-18-17/h4-6,10-11,15,18H,3,7-9,12-13H2,1-2H3,(H,19,20). The van der Waals surface area contributed by atoms with Crippen molar-refractivity contribution in [3.63, 3.8) is 0 Å². The number of nitrogens with one attached hydrogen (secondary N) is 2. The van der Waals surface area contributed by atoms with Crippen molar-refractivity contribution >= 4 is 5.91 Å². The van der Waals surface area contributed by atoms with Crippen molar-refractivity contribution < 1.29 is 4.79 Å². The number of hydrogen-bond donors (Lipinski definition) is 2. The van der Waals surface area contributed by atoms with Crippen LogP contribution in [-0.4, -0.2) is 18.0 Å². The molecule has 1 fully saturated rings. The van der Waals surface area contributed by atoms with Gasteiger partial charge < -0.3 is 10.6 Å². The fourth-order valence-electron chi connectivity index (χ4n) is 2.86. The molecule has 0 spiro atoms. The number of carbonyl (C=O) groups excluding carboxylic acids is 1. The molecule has 20 heavy (non-hydrogen) atoms. The highest BCUT2D eigenvalue weighted by molar-refractivity contribution is 5.86.